The maximum absolute atomic E-state index is 10.6. The zero-order chi connectivity index (χ0) is 14.1. The lowest BCUT2D eigenvalue weighted by Gasteiger charge is -2.16. The summed E-state index contributed by atoms with van der Waals surface area (Å²) in [5.41, 5.74) is 1.95. The predicted molar refractivity (Wildman–Crippen MR) is 82.3 cm³/mol. The summed E-state index contributed by atoms with van der Waals surface area (Å²) >= 11 is 12.3. The first-order valence-corrected chi connectivity index (χ1v) is 6.89. The summed E-state index contributed by atoms with van der Waals surface area (Å²) in [5.74, 6) is 0. The van der Waals surface area contributed by atoms with Crippen LogP contribution in [0.15, 0.2) is 54.7 Å². The minimum Gasteiger partial charge on any atom is -0.383 e. The van der Waals surface area contributed by atoms with Crippen LogP contribution in [0, 0.1) is 0 Å². The molecule has 1 heterocycles. The molecule has 1 atom stereocenters. The highest BCUT2D eigenvalue weighted by Gasteiger charge is 2.19. The lowest BCUT2D eigenvalue weighted by atomic mass is 9.98. The zero-order valence-electron chi connectivity index (χ0n) is 10.4. The Morgan fingerprint density at radius 1 is 0.900 bits per heavy atom. The lowest BCUT2D eigenvalue weighted by molar-refractivity contribution is 0.222. The van der Waals surface area contributed by atoms with E-state index >= 15 is 0 Å². The van der Waals surface area contributed by atoms with Crippen molar-refractivity contribution < 1.29 is 5.11 Å². The number of hydrogen-bond donors (Lipinski definition) is 1. The van der Waals surface area contributed by atoms with Crippen LogP contribution in [-0.2, 0) is 0 Å². The van der Waals surface area contributed by atoms with Crippen LogP contribution in [0.2, 0.25) is 10.0 Å². The molecule has 0 amide bonds. The van der Waals surface area contributed by atoms with Crippen molar-refractivity contribution in [2.75, 3.05) is 0 Å². The Balaban J connectivity index is 2.21. The van der Waals surface area contributed by atoms with E-state index in [1.54, 1.807) is 24.4 Å². The van der Waals surface area contributed by atoms with Crippen molar-refractivity contribution in [2.24, 2.45) is 0 Å². The molecule has 0 aliphatic rings. The van der Waals surface area contributed by atoms with Gasteiger partial charge in [-0.3, -0.25) is 4.98 Å². The minimum absolute atomic E-state index is 0.443. The molecule has 2 nitrogen and oxygen atoms in total. The molecular formula is C16H11Cl2NO. The average Bonchev–Trinajstić information content (AvgIpc) is 2.46. The van der Waals surface area contributed by atoms with Crippen molar-refractivity contribution in [3.8, 4) is 0 Å². The molecule has 3 rings (SSSR count). The summed E-state index contributed by atoms with van der Waals surface area (Å²) in [6, 6.07) is 14.7. The topological polar surface area (TPSA) is 33.1 Å². The van der Waals surface area contributed by atoms with Gasteiger partial charge in [0.2, 0.25) is 0 Å². The number of rotatable bonds is 2. The number of nitrogens with zero attached hydrogens (tertiary/aromatic N) is 1. The van der Waals surface area contributed by atoms with Crippen LogP contribution in [0.3, 0.4) is 0 Å². The van der Waals surface area contributed by atoms with Crippen molar-refractivity contribution in [1.82, 2.24) is 4.98 Å². The molecule has 0 spiro atoms. The normalized spacial score (nSPS) is 12.6. The number of benzene rings is 2. The molecule has 0 aliphatic heterocycles. The van der Waals surface area contributed by atoms with Crippen molar-refractivity contribution >= 4 is 34.1 Å². The largest absolute Gasteiger partial charge is 0.383 e. The van der Waals surface area contributed by atoms with E-state index in [9.17, 15) is 5.11 Å². The van der Waals surface area contributed by atoms with Gasteiger partial charge in [-0.25, -0.2) is 0 Å². The first-order valence-electron chi connectivity index (χ1n) is 6.14. The summed E-state index contributed by atoms with van der Waals surface area (Å²) in [4.78, 5) is 4.34. The predicted octanol–water partition coefficient (Wildman–Crippen LogP) is 4.62. The maximum atomic E-state index is 10.6. The summed E-state index contributed by atoms with van der Waals surface area (Å²) in [6.45, 7) is 0. The van der Waals surface area contributed by atoms with Gasteiger partial charge >= 0.3 is 0 Å². The second kappa shape index (κ2) is 5.41. The van der Waals surface area contributed by atoms with Crippen LogP contribution >= 0.6 is 23.2 Å². The molecule has 100 valence electrons. The van der Waals surface area contributed by atoms with Gasteiger partial charge < -0.3 is 5.11 Å². The van der Waals surface area contributed by atoms with E-state index in [0.717, 1.165) is 10.9 Å². The van der Waals surface area contributed by atoms with Gasteiger partial charge in [-0.15, -0.1) is 0 Å². The Hall–Kier alpha value is -1.61. The molecule has 1 aromatic heterocycles. The molecule has 0 saturated heterocycles. The van der Waals surface area contributed by atoms with Gasteiger partial charge in [-0.2, -0.15) is 0 Å². The van der Waals surface area contributed by atoms with Crippen molar-refractivity contribution in [2.45, 2.75) is 6.10 Å². The van der Waals surface area contributed by atoms with Gasteiger partial charge in [0, 0.05) is 32.8 Å². The minimum atomic E-state index is -0.908. The van der Waals surface area contributed by atoms with Crippen molar-refractivity contribution in [3.63, 3.8) is 0 Å². The fourth-order valence-electron chi connectivity index (χ4n) is 2.28. The third-order valence-corrected chi connectivity index (χ3v) is 3.89. The van der Waals surface area contributed by atoms with Gasteiger partial charge in [0.25, 0.3) is 0 Å². The highest BCUT2D eigenvalue weighted by molar-refractivity contribution is 6.36. The van der Waals surface area contributed by atoms with Gasteiger partial charge in [0.15, 0.2) is 0 Å². The Labute approximate surface area is 126 Å². The van der Waals surface area contributed by atoms with Gasteiger partial charge in [0.05, 0.1) is 5.52 Å². The third kappa shape index (κ3) is 2.27. The standard InChI is InChI=1S/C16H11Cl2NO/c17-12-7-2-8-13(18)14(12)16(20)11-6-1-4-10-5-3-9-19-15(10)11/h1-9,16,20H. The van der Waals surface area contributed by atoms with Crippen molar-refractivity contribution in [1.29, 1.82) is 0 Å². The van der Waals surface area contributed by atoms with E-state index in [2.05, 4.69) is 4.98 Å². The second-order valence-corrected chi connectivity index (χ2v) is 5.27. The van der Waals surface area contributed by atoms with E-state index in [-0.39, 0.29) is 0 Å². The fourth-order valence-corrected chi connectivity index (χ4v) is 2.88. The monoisotopic (exact) mass is 303 g/mol. The van der Waals surface area contributed by atoms with Crippen LogP contribution in [0.25, 0.3) is 10.9 Å². The number of hydrogen-bond acceptors (Lipinski definition) is 2. The van der Waals surface area contributed by atoms with E-state index in [1.165, 1.54) is 0 Å². The summed E-state index contributed by atoms with van der Waals surface area (Å²) in [6.07, 6.45) is 0.794. The first kappa shape index (κ1) is 13.4. The number of pyridine rings is 1. The van der Waals surface area contributed by atoms with E-state index in [1.807, 2.05) is 30.3 Å². The molecule has 2 aromatic carbocycles. The number of fused-ring (bicyclic) bond motifs is 1. The Morgan fingerprint density at radius 3 is 2.30 bits per heavy atom. The molecule has 1 unspecified atom stereocenters. The van der Waals surface area contributed by atoms with E-state index < -0.39 is 6.10 Å². The molecule has 0 fully saturated rings. The Kier molecular flexibility index (Phi) is 3.62. The Morgan fingerprint density at radius 2 is 1.55 bits per heavy atom. The number of aromatic nitrogens is 1. The molecule has 3 aromatic rings. The number of para-hydroxylation sites is 1. The quantitative estimate of drug-likeness (QED) is 0.749. The molecule has 0 bridgehead atoms. The fraction of sp³-hybridized carbons (Fsp3) is 0.0625. The second-order valence-electron chi connectivity index (χ2n) is 4.46. The van der Waals surface area contributed by atoms with Crippen LogP contribution < -0.4 is 0 Å². The number of halogens is 2. The van der Waals surface area contributed by atoms with Gasteiger partial charge in [-0.05, 0) is 18.2 Å². The SMILES string of the molecule is OC(c1c(Cl)cccc1Cl)c1cccc2cccnc12. The average molecular weight is 304 g/mol. The smallest absolute Gasteiger partial charge is 0.109 e. The highest BCUT2D eigenvalue weighted by atomic mass is 35.5. The highest BCUT2D eigenvalue weighted by Crippen LogP contribution is 2.35. The zero-order valence-corrected chi connectivity index (χ0v) is 11.9. The van der Waals surface area contributed by atoms with E-state index in [0.29, 0.717) is 21.2 Å². The maximum Gasteiger partial charge on any atom is 0.109 e. The molecular weight excluding hydrogens is 293 g/mol. The lowest BCUT2D eigenvalue weighted by Crippen LogP contribution is -2.03. The van der Waals surface area contributed by atoms with Crippen LogP contribution in [0.1, 0.15) is 17.2 Å². The summed E-state index contributed by atoms with van der Waals surface area (Å²) < 4.78 is 0. The summed E-state index contributed by atoms with van der Waals surface area (Å²) in [7, 11) is 0. The van der Waals surface area contributed by atoms with Crippen LogP contribution in [0.4, 0.5) is 0 Å². The van der Waals surface area contributed by atoms with Gasteiger partial charge in [-0.1, -0.05) is 53.5 Å². The number of aliphatic hydroxyl groups is 1. The molecule has 20 heavy (non-hydrogen) atoms. The molecule has 4 heteroatoms. The molecule has 0 saturated carbocycles. The third-order valence-electron chi connectivity index (χ3n) is 3.23. The Bertz CT molecular complexity index is 748. The molecule has 1 N–H and O–H groups in total. The summed E-state index contributed by atoms with van der Waals surface area (Å²) in [5, 5.41) is 12.5. The molecule has 0 radical (unpaired) electrons. The molecule has 0 aliphatic carbocycles. The van der Waals surface area contributed by atoms with Crippen LogP contribution in [-0.4, -0.2) is 10.1 Å². The van der Waals surface area contributed by atoms with Gasteiger partial charge in [0.1, 0.15) is 6.10 Å². The number of aliphatic hydroxyl groups excluding tert-OH is 1. The van der Waals surface area contributed by atoms with E-state index in [4.69, 9.17) is 23.2 Å². The van der Waals surface area contributed by atoms with Crippen molar-refractivity contribution in [3.05, 3.63) is 75.9 Å². The van der Waals surface area contributed by atoms with Crippen LogP contribution in [0.5, 0.6) is 0 Å². The first-order chi connectivity index (χ1) is 9.68.